The molecule has 0 spiro atoms. The average molecular weight is 266 g/mol. The summed E-state index contributed by atoms with van der Waals surface area (Å²) in [5.74, 6) is 2.85. The lowest BCUT2D eigenvalue weighted by Crippen LogP contribution is -2.29. The van der Waals surface area contributed by atoms with Gasteiger partial charge in [-0.1, -0.05) is 0 Å². The van der Waals surface area contributed by atoms with Crippen LogP contribution in [-0.2, 0) is 17.8 Å². The maximum atomic E-state index is 5.74. The number of ether oxygens (including phenoxy) is 1. The van der Waals surface area contributed by atoms with Crippen LogP contribution in [0.15, 0.2) is 10.5 Å². The van der Waals surface area contributed by atoms with Gasteiger partial charge in [0.05, 0.1) is 6.54 Å². The number of nitrogens with one attached hydrogen (secondary N) is 1. The van der Waals surface area contributed by atoms with E-state index in [1.54, 1.807) is 0 Å². The van der Waals surface area contributed by atoms with Gasteiger partial charge in [-0.05, 0) is 45.8 Å². The van der Waals surface area contributed by atoms with Crippen molar-refractivity contribution in [3.63, 3.8) is 0 Å². The van der Waals surface area contributed by atoms with E-state index in [1.807, 2.05) is 7.05 Å². The van der Waals surface area contributed by atoms with E-state index in [2.05, 4.69) is 30.3 Å². The molecule has 1 fully saturated rings. The molecule has 0 atom stereocenters. The van der Waals surface area contributed by atoms with Gasteiger partial charge in [-0.3, -0.25) is 0 Å². The summed E-state index contributed by atoms with van der Waals surface area (Å²) in [5, 5.41) is 3.12. The standard InChI is InChI=1S/C15H26N2O2/c1-12-14(8-15(19-12)9-16-2)11-17(3)10-13-4-6-18-7-5-13/h8,13,16H,4-7,9-11H2,1-3H3. The van der Waals surface area contributed by atoms with E-state index in [0.717, 1.165) is 50.3 Å². The lowest BCUT2D eigenvalue weighted by atomic mass is 10.00. The summed E-state index contributed by atoms with van der Waals surface area (Å²) in [6.07, 6.45) is 2.39. The molecular weight excluding hydrogens is 240 g/mol. The van der Waals surface area contributed by atoms with Crippen molar-refractivity contribution < 1.29 is 9.15 Å². The molecule has 0 aliphatic carbocycles. The third-order valence-corrected chi connectivity index (χ3v) is 3.77. The highest BCUT2D eigenvalue weighted by molar-refractivity contribution is 5.20. The SMILES string of the molecule is CNCc1cc(CN(C)CC2CCOCC2)c(C)o1. The molecule has 1 aromatic rings. The molecule has 19 heavy (non-hydrogen) atoms. The molecule has 0 aromatic carbocycles. The van der Waals surface area contributed by atoms with Crippen molar-refractivity contribution in [1.29, 1.82) is 0 Å². The van der Waals surface area contributed by atoms with Gasteiger partial charge >= 0.3 is 0 Å². The number of nitrogens with zero attached hydrogens (tertiary/aromatic N) is 1. The Hall–Kier alpha value is -0.840. The van der Waals surface area contributed by atoms with Crippen LogP contribution in [0.25, 0.3) is 0 Å². The molecular formula is C15H26N2O2. The summed E-state index contributed by atoms with van der Waals surface area (Å²) < 4.78 is 11.1. The number of rotatable bonds is 6. The first kappa shape index (κ1) is 14.6. The predicted molar refractivity (Wildman–Crippen MR) is 76.1 cm³/mol. The quantitative estimate of drug-likeness (QED) is 0.856. The zero-order chi connectivity index (χ0) is 13.7. The smallest absolute Gasteiger partial charge is 0.118 e. The number of aryl methyl sites for hydroxylation is 1. The minimum atomic E-state index is 0.780. The van der Waals surface area contributed by atoms with Crippen LogP contribution in [0, 0.1) is 12.8 Å². The molecule has 0 bridgehead atoms. The first-order valence-corrected chi connectivity index (χ1v) is 7.18. The van der Waals surface area contributed by atoms with Crippen LogP contribution in [0.4, 0.5) is 0 Å². The molecule has 4 nitrogen and oxygen atoms in total. The van der Waals surface area contributed by atoms with Crippen molar-refractivity contribution in [3.8, 4) is 0 Å². The van der Waals surface area contributed by atoms with Crippen molar-refractivity contribution in [3.05, 3.63) is 23.2 Å². The molecule has 0 radical (unpaired) electrons. The molecule has 0 saturated carbocycles. The van der Waals surface area contributed by atoms with Crippen molar-refractivity contribution in [2.75, 3.05) is 33.9 Å². The molecule has 1 aliphatic rings. The molecule has 2 heterocycles. The summed E-state index contributed by atoms with van der Waals surface area (Å²) in [7, 11) is 4.13. The van der Waals surface area contributed by atoms with Gasteiger partial charge in [-0.25, -0.2) is 0 Å². The monoisotopic (exact) mass is 266 g/mol. The average Bonchev–Trinajstić information content (AvgIpc) is 2.71. The molecule has 0 unspecified atom stereocenters. The lowest BCUT2D eigenvalue weighted by molar-refractivity contribution is 0.0549. The van der Waals surface area contributed by atoms with Gasteiger partial charge < -0.3 is 19.4 Å². The van der Waals surface area contributed by atoms with Gasteiger partial charge in [0.25, 0.3) is 0 Å². The third-order valence-electron chi connectivity index (χ3n) is 3.77. The van der Waals surface area contributed by atoms with Gasteiger partial charge in [0.1, 0.15) is 11.5 Å². The molecule has 1 saturated heterocycles. The highest BCUT2D eigenvalue weighted by atomic mass is 16.5. The number of furan rings is 1. The maximum absolute atomic E-state index is 5.74. The van der Waals surface area contributed by atoms with Crippen molar-refractivity contribution in [1.82, 2.24) is 10.2 Å². The highest BCUT2D eigenvalue weighted by Crippen LogP contribution is 2.19. The molecule has 1 aromatic heterocycles. The van der Waals surface area contributed by atoms with Gasteiger partial charge in [0.2, 0.25) is 0 Å². The van der Waals surface area contributed by atoms with Crippen LogP contribution >= 0.6 is 0 Å². The Labute approximate surface area is 116 Å². The van der Waals surface area contributed by atoms with Crippen LogP contribution in [0.1, 0.15) is 29.9 Å². The Morgan fingerprint density at radius 3 is 2.79 bits per heavy atom. The Kier molecular flexibility index (Phi) is 5.43. The lowest BCUT2D eigenvalue weighted by Gasteiger charge is -2.26. The fraction of sp³-hybridized carbons (Fsp3) is 0.733. The third kappa shape index (κ3) is 4.34. The van der Waals surface area contributed by atoms with Crippen LogP contribution in [0.5, 0.6) is 0 Å². The van der Waals surface area contributed by atoms with Crippen LogP contribution < -0.4 is 5.32 Å². The van der Waals surface area contributed by atoms with Crippen molar-refractivity contribution in [2.24, 2.45) is 5.92 Å². The normalized spacial score (nSPS) is 17.3. The Morgan fingerprint density at radius 2 is 2.11 bits per heavy atom. The van der Waals surface area contributed by atoms with Crippen molar-refractivity contribution in [2.45, 2.75) is 32.9 Å². The molecule has 1 N–H and O–H groups in total. The summed E-state index contributed by atoms with van der Waals surface area (Å²) >= 11 is 0. The van der Waals surface area contributed by atoms with Gasteiger partial charge in [-0.2, -0.15) is 0 Å². The fourth-order valence-electron chi connectivity index (χ4n) is 2.73. The summed E-state index contributed by atoms with van der Waals surface area (Å²) in [6.45, 7) is 6.82. The van der Waals surface area contributed by atoms with Crippen molar-refractivity contribution >= 4 is 0 Å². The topological polar surface area (TPSA) is 37.6 Å². The van der Waals surface area contributed by atoms with Gasteiger partial charge in [0, 0.05) is 31.9 Å². The van der Waals surface area contributed by atoms with E-state index in [4.69, 9.17) is 9.15 Å². The second-order valence-corrected chi connectivity index (χ2v) is 5.58. The second kappa shape index (κ2) is 7.08. The second-order valence-electron chi connectivity index (χ2n) is 5.58. The van der Waals surface area contributed by atoms with Gasteiger partial charge in [0.15, 0.2) is 0 Å². The summed E-state index contributed by atoms with van der Waals surface area (Å²) in [4.78, 5) is 2.40. The Bertz CT molecular complexity index is 383. The first-order valence-electron chi connectivity index (χ1n) is 7.18. The maximum Gasteiger partial charge on any atom is 0.118 e. The van der Waals surface area contributed by atoms with E-state index < -0.39 is 0 Å². The van der Waals surface area contributed by atoms with E-state index in [9.17, 15) is 0 Å². The van der Waals surface area contributed by atoms with E-state index in [-0.39, 0.29) is 0 Å². The highest BCUT2D eigenvalue weighted by Gasteiger charge is 2.17. The van der Waals surface area contributed by atoms with Crippen LogP contribution in [0.2, 0.25) is 0 Å². The molecule has 1 aliphatic heterocycles. The predicted octanol–water partition coefficient (Wildman–Crippen LogP) is 2.17. The van der Waals surface area contributed by atoms with Crippen LogP contribution in [0.3, 0.4) is 0 Å². The molecule has 2 rings (SSSR count). The van der Waals surface area contributed by atoms with Gasteiger partial charge in [-0.15, -0.1) is 0 Å². The fourth-order valence-corrected chi connectivity index (χ4v) is 2.73. The Morgan fingerprint density at radius 1 is 1.37 bits per heavy atom. The zero-order valence-electron chi connectivity index (χ0n) is 12.4. The van der Waals surface area contributed by atoms with E-state index >= 15 is 0 Å². The number of hydrogen-bond donors (Lipinski definition) is 1. The molecule has 4 heteroatoms. The minimum Gasteiger partial charge on any atom is -0.465 e. The summed E-state index contributed by atoms with van der Waals surface area (Å²) in [5.41, 5.74) is 1.31. The molecule has 108 valence electrons. The zero-order valence-corrected chi connectivity index (χ0v) is 12.4. The minimum absolute atomic E-state index is 0.780. The largest absolute Gasteiger partial charge is 0.465 e. The summed E-state index contributed by atoms with van der Waals surface area (Å²) in [6, 6.07) is 2.17. The van der Waals surface area contributed by atoms with Crippen LogP contribution in [-0.4, -0.2) is 38.8 Å². The first-order chi connectivity index (χ1) is 9.19. The van der Waals surface area contributed by atoms with E-state index in [0.29, 0.717) is 0 Å². The van der Waals surface area contributed by atoms with E-state index in [1.165, 1.54) is 18.4 Å². The molecule has 0 amide bonds. The number of hydrogen-bond acceptors (Lipinski definition) is 4. The Balaban J connectivity index is 1.85.